The summed E-state index contributed by atoms with van der Waals surface area (Å²) >= 11 is 0. The Hall–Kier alpha value is -4.63. The van der Waals surface area contributed by atoms with Crippen molar-refractivity contribution in [1.82, 2.24) is 10.2 Å². The quantitative estimate of drug-likeness (QED) is 0.269. The van der Waals surface area contributed by atoms with Crippen molar-refractivity contribution in [2.24, 2.45) is 0 Å². The molecule has 0 aliphatic rings. The number of benzene rings is 4. The van der Waals surface area contributed by atoms with Crippen LogP contribution in [0.1, 0.15) is 18.1 Å². The zero-order chi connectivity index (χ0) is 29.4. The summed E-state index contributed by atoms with van der Waals surface area (Å²) in [6.45, 7) is 3.18. The number of carbonyl (C=O) groups excluding carboxylic acids is 2. The Labute approximate surface area is 241 Å². The molecule has 1 atom stereocenters. The number of carbonyl (C=O) groups is 2. The zero-order valence-corrected chi connectivity index (χ0v) is 24.0. The smallest absolute Gasteiger partial charge is 0.264 e. The molecule has 4 rings (SSSR count). The number of ether oxygens (including phenoxy) is 1. The largest absolute Gasteiger partial charge is 0.457 e. The van der Waals surface area contributed by atoms with E-state index in [2.05, 4.69) is 5.32 Å². The highest BCUT2D eigenvalue weighted by Crippen LogP contribution is 2.28. The van der Waals surface area contributed by atoms with E-state index < -0.39 is 28.5 Å². The van der Waals surface area contributed by atoms with Gasteiger partial charge in [0.15, 0.2) is 0 Å². The summed E-state index contributed by atoms with van der Waals surface area (Å²) in [6, 6.07) is 30.4. The SMILES string of the molecule is CNC(=O)C(C)N(Cc1ccccc1C)C(=O)CN(c1ccc(Oc2ccccc2)cc1)S(=O)(=O)c1ccccc1. The monoisotopic (exact) mass is 571 g/mol. The summed E-state index contributed by atoms with van der Waals surface area (Å²) in [5, 5.41) is 2.59. The molecule has 0 aromatic heterocycles. The number of amides is 2. The van der Waals surface area contributed by atoms with Gasteiger partial charge in [-0.2, -0.15) is 0 Å². The molecule has 8 nitrogen and oxygen atoms in total. The number of para-hydroxylation sites is 1. The van der Waals surface area contributed by atoms with Crippen LogP contribution in [0.3, 0.4) is 0 Å². The summed E-state index contributed by atoms with van der Waals surface area (Å²) < 4.78 is 34.7. The molecule has 212 valence electrons. The highest BCUT2D eigenvalue weighted by molar-refractivity contribution is 7.92. The Kier molecular flexibility index (Phi) is 9.41. The minimum Gasteiger partial charge on any atom is -0.457 e. The predicted molar refractivity (Wildman–Crippen MR) is 159 cm³/mol. The molecule has 0 aliphatic heterocycles. The summed E-state index contributed by atoms with van der Waals surface area (Å²) in [6.07, 6.45) is 0. The van der Waals surface area contributed by atoms with E-state index in [0.29, 0.717) is 11.5 Å². The predicted octanol–water partition coefficient (Wildman–Crippen LogP) is 5.15. The highest BCUT2D eigenvalue weighted by Gasteiger charge is 2.32. The van der Waals surface area contributed by atoms with Crippen LogP contribution in [-0.4, -0.2) is 44.8 Å². The first-order chi connectivity index (χ1) is 19.7. The van der Waals surface area contributed by atoms with E-state index in [1.54, 1.807) is 49.4 Å². The molecule has 0 saturated carbocycles. The van der Waals surface area contributed by atoms with E-state index in [-0.39, 0.29) is 23.0 Å². The summed E-state index contributed by atoms with van der Waals surface area (Å²) in [5.74, 6) is 0.275. The minimum absolute atomic E-state index is 0.0437. The van der Waals surface area contributed by atoms with E-state index in [9.17, 15) is 18.0 Å². The van der Waals surface area contributed by atoms with Gasteiger partial charge in [-0.3, -0.25) is 13.9 Å². The van der Waals surface area contributed by atoms with Gasteiger partial charge in [0.05, 0.1) is 10.6 Å². The van der Waals surface area contributed by atoms with Crippen LogP contribution in [0.4, 0.5) is 5.69 Å². The fourth-order valence-corrected chi connectivity index (χ4v) is 5.75. The number of nitrogens with zero attached hydrogens (tertiary/aromatic N) is 2. The standard InChI is InChI=1S/C32H33N3O5S/c1-24-12-10-11-13-26(24)22-34(25(2)32(37)33-3)31(36)23-35(41(38,39)30-16-8-5-9-17-30)27-18-20-29(21-19-27)40-28-14-6-4-7-15-28/h4-21,25H,22-23H2,1-3H3,(H,33,37). The van der Waals surface area contributed by atoms with E-state index in [4.69, 9.17) is 4.74 Å². The maximum Gasteiger partial charge on any atom is 0.264 e. The van der Waals surface area contributed by atoms with E-state index in [1.165, 1.54) is 24.1 Å². The Morgan fingerprint density at radius 1 is 0.805 bits per heavy atom. The lowest BCUT2D eigenvalue weighted by Gasteiger charge is -2.32. The maximum absolute atomic E-state index is 13.9. The van der Waals surface area contributed by atoms with Crippen molar-refractivity contribution in [3.05, 3.63) is 120 Å². The number of nitrogens with one attached hydrogen (secondary N) is 1. The Morgan fingerprint density at radius 2 is 1.37 bits per heavy atom. The lowest BCUT2D eigenvalue weighted by atomic mass is 10.1. The molecule has 9 heteroatoms. The number of hydrogen-bond donors (Lipinski definition) is 1. The number of rotatable bonds is 11. The second-order valence-corrected chi connectivity index (χ2v) is 11.3. The van der Waals surface area contributed by atoms with Gasteiger partial charge in [0, 0.05) is 13.6 Å². The van der Waals surface area contributed by atoms with E-state index in [1.807, 2.05) is 61.5 Å². The van der Waals surface area contributed by atoms with Crippen molar-refractivity contribution in [3.63, 3.8) is 0 Å². The maximum atomic E-state index is 13.9. The molecule has 0 heterocycles. The third-order valence-electron chi connectivity index (χ3n) is 6.73. The molecule has 4 aromatic rings. The van der Waals surface area contributed by atoms with Gasteiger partial charge >= 0.3 is 0 Å². The van der Waals surface area contributed by atoms with Crippen LogP contribution in [0.2, 0.25) is 0 Å². The van der Waals surface area contributed by atoms with Gasteiger partial charge in [-0.1, -0.05) is 60.7 Å². The first-order valence-electron chi connectivity index (χ1n) is 13.2. The lowest BCUT2D eigenvalue weighted by Crippen LogP contribution is -2.50. The van der Waals surface area contributed by atoms with Crippen molar-refractivity contribution in [3.8, 4) is 11.5 Å². The summed E-state index contributed by atoms with van der Waals surface area (Å²) in [7, 11) is -2.64. The number of sulfonamides is 1. The van der Waals surface area contributed by atoms with Gasteiger partial charge in [0.2, 0.25) is 11.8 Å². The molecule has 1 unspecified atom stereocenters. The van der Waals surface area contributed by atoms with Crippen LogP contribution < -0.4 is 14.4 Å². The zero-order valence-electron chi connectivity index (χ0n) is 23.2. The normalized spacial score (nSPS) is 11.8. The molecule has 0 fully saturated rings. The van der Waals surface area contributed by atoms with Crippen molar-refractivity contribution in [1.29, 1.82) is 0 Å². The fraction of sp³-hybridized carbons (Fsp3) is 0.188. The number of likely N-dealkylation sites (N-methyl/N-ethyl adjacent to an activating group) is 1. The third kappa shape index (κ3) is 7.12. The van der Waals surface area contributed by atoms with Gasteiger partial charge in [0.25, 0.3) is 10.0 Å². The summed E-state index contributed by atoms with van der Waals surface area (Å²) in [5.41, 5.74) is 2.10. The number of hydrogen-bond acceptors (Lipinski definition) is 5. The fourth-order valence-electron chi connectivity index (χ4n) is 4.32. The van der Waals surface area contributed by atoms with Gasteiger partial charge in [-0.15, -0.1) is 0 Å². The molecule has 0 saturated heterocycles. The molecule has 41 heavy (non-hydrogen) atoms. The second kappa shape index (κ2) is 13.1. The summed E-state index contributed by atoms with van der Waals surface area (Å²) in [4.78, 5) is 28.0. The van der Waals surface area contributed by atoms with Crippen LogP contribution in [0.5, 0.6) is 11.5 Å². The molecule has 0 bridgehead atoms. The van der Waals surface area contributed by atoms with Crippen LogP contribution >= 0.6 is 0 Å². The first kappa shape index (κ1) is 29.4. The van der Waals surface area contributed by atoms with E-state index >= 15 is 0 Å². The Bertz CT molecular complexity index is 1580. The molecule has 0 spiro atoms. The van der Waals surface area contributed by atoms with Crippen LogP contribution in [0.25, 0.3) is 0 Å². The van der Waals surface area contributed by atoms with Gasteiger partial charge < -0.3 is 15.0 Å². The molecular formula is C32H33N3O5S. The molecule has 0 aliphatic carbocycles. The van der Waals surface area contributed by atoms with Crippen molar-refractivity contribution in [2.75, 3.05) is 17.9 Å². The van der Waals surface area contributed by atoms with Gasteiger partial charge in [0.1, 0.15) is 24.1 Å². The third-order valence-corrected chi connectivity index (χ3v) is 8.52. The minimum atomic E-state index is -4.14. The van der Waals surface area contributed by atoms with E-state index in [0.717, 1.165) is 15.4 Å². The molecule has 2 amide bonds. The number of aryl methyl sites for hydroxylation is 1. The molecule has 4 aromatic carbocycles. The Morgan fingerprint density at radius 3 is 1.98 bits per heavy atom. The first-order valence-corrected chi connectivity index (χ1v) is 14.6. The van der Waals surface area contributed by atoms with Crippen molar-refractivity contribution < 1.29 is 22.7 Å². The highest BCUT2D eigenvalue weighted by atomic mass is 32.2. The van der Waals surface area contributed by atoms with Crippen LogP contribution in [0.15, 0.2) is 114 Å². The van der Waals surface area contributed by atoms with Crippen molar-refractivity contribution >= 4 is 27.5 Å². The second-order valence-electron chi connectivity index (χ2n) is 9.47. The molecular weight excluding hydrogens is 538 g/mol. The van der Waals surface area contributed by atoms with Crippen molar-refractivity contribution in [2.45, 2.75) is 31.3 Å². The lowest BCUT2D eigenvalue weighted by molar-refractivity contribution is -0.139. The topological polar surface area (TPSA) is 96.0 Å². The molecule has 0 radical (unpaired) electrons. The van der Waals surface area contributed by atoms with Gasteiger partial charge in [-0.25, -0.2) is 8.42 Å². The van der Waals surface area contributed by atoms with Crippen LogP contribution in [0, 0.1) is 6.92 Å². The molecule has 1 N–H and O–H groups in total. The number of anilines is 1. The average molecular weight is 572 g/mol. The van der Waals surface area contributed by atoms with Gasteiger partial charge in [-0.05, 0) is 73.5 Å². The average Bonchev–Trinajstić information content (AvgIpc) is 3.00. The van der Waals surface area contributed by atoms with Crippen LogP contribution in [-0.2, 0) is 26.2 Å². The Balaban J connectivity index is 1.69.